The summed E-state index contributed by atoms with van der Waals surface area (Å²) < 4.78 is 6.59. The zero-order valence-corrected chi connectivity index (χ0v) is 16.6. The van der Waals surface area contributed by atoms with Gasteiger partial charge in [0.05, 0.1) is 18.4 Å². The second-order valence-electron chi connectivity index (χ2n) is 7.38. The minimum Gasteiger partial charge on any atom is -0.492 e. The van der Waals surface area contributed by atoms with Gasteiger partial charge in [0.15, 0.2) is 0 Å². The molecule has 2 bridgehead atoms. The zero-order valence-electron chi connectivity index (χ0n) is 15.0. The summed E-state index contributed by atoms with van der Waals surface area (Å²) in [5, 5.41) is 0. The Labute approximate surface area is 166 Å². The van der Waals surface area contributed by atoms with E-state index in [1.807, 2.05) is 36.4 Å². The van der Waals surface area contributed by atoms with E-state index < -0.39 is 0 Å². The Morgan fingerprint density at radius 3 is 2.33 bits per heavy atom. The number of likely N-dealkylation sites (N-methyl/N-ethyl adjacent to an activating group) is 1. The average Bonchev–Trinajstić information content (AvgIpc) is 3.33. The van der Waals surface area contributed by atoms with E-state index in [2.05, 4.69) is 15.9 Å². The van der Waals surface area contributed by atoms with Crippen molar-refractivity contribution in [2.45, 2.75) is 6.42 Å². The molecule has 3 aliphatic rings. The topological polar surface area (TPSA) is 66.9 Å². The summed E-state index contributed by atoms with van der Waals surface area (Å²) in [5.41, 5.74) is 0. The van der Waals surface area contributed by atoms with Crippen molar-refractivity contribution in [3.8, 4) is 5.75 Å². The number of hydrogen-bond acceptors (Lipinski definition) is 4. The molecule has 0 spiro atoms. The third-order valence-electron chi connectivity index (χ3n) is 5.79. The molecule has 1 heterocycles. The lowest BCUT2D eigenvalue weighted by Gasteiger charge is -2.22. The van der Waals surface area contributed by atoms with E-state index in [1.54, 1.807) is 7.05 Å². The Morgan fingerprint density at radius 1 is 1.15 bits per heavy atom. The van der Waals surface area contributed by atoms with Crippen LogP contribution in [0.1, 0.15) is 6.42 Å². The SMILES string of the molecule is CN(CCOc1ccc(Br)cc1)C(=O)CN1C(=O)C2C3C=CC(C3)C2C1=O. The van der Waals surface area contributed by atoms with E-state index in [4.69, 9.17) is 4.74 Å². The molecule has 1 saturated heterocycles. The van der Waals surface area contributed by atoms with Gasteiger partial charge in [-0.25, -0.2) is 0 Å². The molecule has 4 unspecified atom stereocenters. The fraction of sp³-hybridized carbons (Fsp3) is 0.450. The van der Waals surface area contributed by atoms with E-state index in [9.17, 15) is 14.4 Å². The van der Waals surface area contributed by atoms with Crippen molar-refractivity contribution in [3.05, 3.63) is 40.9 Å². The van der Waals surface area contributed by atoms with Gasteiger partial charge in [0, 0.05) is 11.5 Å². The van der Waals surface area contributed by atoms with Gasteiger partial charge in [-0.05, 0) is 42.5 Å². The van der Waals surface area contributed by atoms with Crippen LogP contribution in [0.2, 0.25) is 0 Å². The van der Waals surface area contributed by atoms with Crippen LogP contribution in [0.15, 0.2) is 40.9 Å². The Balaban J connectivity index is 1.29. The number of carbonyl (C=O) groups is 3. The third kappa shape index (κ3) is 3.29. The molecule has 1 aliphatic heterocycles. The molecule has 0 radical (unpaired) electrons. The fourth-order valence-corrected chi connectivity index (χ4v) is 4.60. The largest absolute Gasteiger partial charge is 0.492 e. The molecule has 1 saturated carbocycles. The molecular formula is C20H21BrN2O4. The molecule has 1 aromatic rings. The summed E-state index contributed by atoms with van der Waals surface area (Å²) in [6.45, 7) is 0.536. The number of carbonyl (C=O) groups excluding carboxylic acids is 3. The summed E-state index contributed by atoms with van der Waals surface area (Å²) in [7, 11) is 1.66. The highest BCUT2D eigenvalue weighted by Crippen LogP contribution is 2.52. The van der Waals surface area contributed by atoms with E-state index in [-0.39, 0.29) is 47.9 Å². The number of rotatable bonds is 6. The van der Waals surface area contributed by atoms with E-state index >= 15 is 0 Å². The number of hydrogen-bond donors (Lipinski definition) is 0. The minimum absolute atomic E-state index is 0.161. The lowest BCUT2D eigenvalue weighted by atomic mass is 9.85. The normalized spacial score (nSPS) is 28.0. The number of nitrogens with zero attached hydrogens (tertiary/aromatic N) is 2. The van der Waals surface area contributed by atoms with Gasteiger partial charge in [-0.3, -0.25) is 19.3 Å². The lowest BCUT2D eigenvalue weighted by molar-refractivity contribution is -0.146. The van der Waals surface area contributed by atoms with Gasteiger partial charge >= 0.3 is 0 Å². The number of ether oxygens (including phenoxy) is 1. The first-order chi connectivity index (χ1) is 13.0. The fourth-order valence-electron chi connectivity index (χ4n) is 4.33. The standard InChI is InChI=1S/C20H21BrN2O4/c1-22(8-9-27-15-6-4-14(21)5-7-15)16(24)11-23-19(25)17-12-2-3-13(10-12)18(17)20(23)26/h2-7,12-13,17-18H,8-11H2,1H3. The van der Waals surface area contributed by atoms with Crippen LogP contribution in [0.5, 0.6) is 5.75 Å². The van der Waals surface area contributed by atoms with E-state index in [0.29, 0.717) is 13.2 Å². The van der Waals surface area contributed by atoms with E-state index in [0.717, 1.165) is 21.5 Å². The smallest absolute Gasteiger partial charge is 0.242 e. The van der Waals surface area contributed by atoms with Crippen LogP contribution in [0, 0.1) is 23.7 Å². The van der Waals surface area contributed by atoms with Gasteiger partial charge in [0.1, 0.15) is 18.9 Å². The first kappa shape index (κ1) is 18.2. The van der Waals surface area contributed by atoms with Crippen LogP contribution < -0.4 is 4.74 Å². The van der Waals surface area contributed by atoms with Crippen LogP contribution in [0.4, 0.5) is 0 Å². The average molecular weight is 433 g/mol. The van der Waals surface area contributed by atoms with Gasteiger partial charge in [-0.1, -0.05) is 28.1 Å². The van der Waals surface area contributed by atoms with Crippen LogP contribution >= 0.6 is 15.9 Å². The van der Waals surface area contributed by atoms with Gasteiger partial charge in [-0.15, -0.1) is 0 Å². The predicted octanol–water partition coefficient (Wildman–Crippen LogP) is 2.09. The highest BCUT2D eigenvalue weighted by Gasteiger charge is 2.59. The minimum atomic E-state index is -0.258. The highest BCUT2D eigenvalue weighted by molar-refractivity contribution is 9.10. The molecule has 0 N–H and O–H groups in total. The first-order valence-electron chi connectivity index (χ1n) is 9.11. The summed E-state index contributed by atoms with van der Waals surface area (Å²) >= 11 is 3.36. The summed E-state index contributed by atoms with van der Waals surface area (Å²) in [5.74, 6) is -0.0968. The molecule has 27 heavy (non-hydrogen) atoms. The first-order valence-corrected chi connectivity index (χ1v) is 9.91. The van der Waals surface area contributed by atoms with Crippen LogP contribution in [0.3, 0.4) is 0 Å². The lowest BCUT2D eigenvalue weighted by Crippen LogP contribution is -2.43. The Bertz CT molecular complexity index is 777. The number of halogens is 1. The second kappa shape index (κ2) is 7.11. The molecule has 1 aromatic carbocycles. The maximum Gasteiger partial charge on any atom is 0.242 e. The van der Waals surface area contributed by atoms with Crippen LogP contribution in [0.25, 0.3) is 0 Å². The van der Waals surface area contributed by atoms with Crippen LogP contribution in [-0.2, 0) is 14.4 Å². The summed E-state index contributed by atoms with van der Waals surface area (Å²) in [4.78, 5) is 40.4. The number of amides is 3. The third-order valence-corrected chi connectivity index (χ3v) is 6.32. The highest BCUT2D eigenvalue weighted by atomic mass is 79.9. The maximum absolute atomic E-state index is 12.6. The predicted molar refractivity (Wildman–Crippen MR) is 102 cm³/mol. The molecule has 6 nitrogen and oxygen atoms in total. The van der Waals surface area contributed by atoms with E-state index in [1.165, 1.54) is 4.90 Å². The molecule has 3 amide bonds. The number of benzene rings is 1. The Morgan fingerprint density at radius 2 is 1.74 bits per heavy atom. The van der Waals surface area contributed by atoms with Gasteiger partial charge in [-0.2, -0.15) is 0 Å². The number of likely N-dealkylation sites (tertiary alicyclic amines) is 1. The maximum atomic E-state index is 12.6. The van der Waals surface area contributed by atoms with Crippen molar-refractivity contribution in [2.75, 3.05) is 26.7 Å². The van der Waals surface area contributed by atoms with Crippen molar-refractivity contribution in [1.29, 1.82) is 0 Å². The summed E-state index contributed by atoms with van der Waals surface area (Å²) in [6.07, 6.45) is 4.99. The van der Waals surface area contributed by atoms with Gasteiger partial charge in [0.25, 0.3) is 0 Å². The van der Waals surface area contributed by atoms with Crippen molar-refractivity contribution in [1.82, 2.24) is 9.80 Å². The van der Waals surface area contributed by atoms with Crippen molar-refractivity contribution >= 4 is 33.7 Å². The molecule has 2 aliphatic carbocycles. The molecule has 142 valence electrons. The molecular weight excluding hydrogens is 412 g/mol. The molecule has 7 heteroatoms. The zero-order chi connectivity index (χ0) is 19.1. The number of fused-ring (bicyclic) bond motifs is 5. The second-order valence-corrected chi connectivity index (χ2v) is 8.30. The summed E-state index contributed by atoms with van der Waals surface area (Å²) in [6, 6.07) is 7.45. The molecule has 0 aromatic heterocycles. The monoisotopic (exact) mass is 432 g/mol. The van der Waals surface area contributed by atoms with Gasteiger partial charge in [0.2, 0.25) is 17.7 Å². The van der Waals surface area contributed by atoms with Crippen LogP contribution in [-0.4, -0.2) is 54.3 Å². The Kier molecular flexibility index (Phi) is 4.80. The number of allylic oxidation sites excluding steroid dienone is 2. The van der Waals surface area contributed by atoms with Crippen molar-refractivity contribution in [2.24, 2.45) is 23.7 Å². The molecule has 2 fully saturated rings. The van der Waals surface area contributed by atoms with Crippen molar-refractivity contribution < 1.29 is 19.1 Å². The quantitative estimate of drug-likeness (QED) is 0.509. The number of imide groups is 1. The molecule has 4 rings (SSSR count). The molecule has 4 atom stereocenters. The van der Waals surface area contributed by atoms with Crippen molar-refractivity contribution in [3.63, 3.8) is 0 Å². The Hall–Kier alpha value is -2.15. The van der Waals surface area contributed by atoms with Gasteiger partial charge < -0.3 is 9.64 Å².